The Kier molecular flexibility index (Phi) is 5.88. The van der Waals surface area contributed by atoms with E-state index in [1.165, 1.54) is 12.8 Å². The summed E-state index contributed by atoms with van der Waals surface area (Å²) in [7, 11) is 1.64. The van der Waals surface area contributed by atoms with Crippen LogP contribution < -0.4 is 5.73 Å². The lowest BCUT2D eigenvalue weighted by Gasteiger charge is -2.34. The number of hydrogen-bond donors (Lipinski definition) is 2. The highest BCUT2D eigenvalue weighted by Crippen LogP contribution is 2.36. The highest BCUT2D eigenvalue weighted by Gasteiger charge is 2.37. The van der Waals surface area contributed by atoms with Crippen molar-refractivity contribution in [2.24, 2.45) is 11.7 Å². The van der Waals surface area contributed by atoms with Gasteiger partial charge in [-0.15, -0.1) is 0 Å². The van der Waals surface area contributed by atoms with Gasteiger partial charge in [0, 0.05) is 19.7 Å². The average molecular weight is 244 g/mol. The normalized spacial score (nSPS) is 19.3. The Morgan fingerprint density at radius 2 is 2.24 bits per heavy atom. The Balaban J connectivity index is 2.66. The highest BCUT2D eigenvalue weighted by molar-refractivity contribution is 5.73. The van der Waals surface area contributed by atoms with Crippen LogP contribution in [0.5, 0.6) is 0 Å². The summed E-state index contributed by atoms with van der Waals surface area (Å²) in [5.74, 6) is -0.134. The molecule has 0 aromatic heterocycles. The van der Waals surface area contributed by atoms with Gasteiger partial charge in [-0.2, -0.15) is 0 Å². The number of hydrogen-bond acceptors (Lipinski definition) is 4. The molecule has 17 heavy (non-hydrogen) atoms. The molecule has 1 rings (SSSR count). The molecule has 2 unspecified atom stereocenters. The van der Waals surface area contributed by atoms with E-state index in [9.17, 15) is 9.90 Å². The van der Waals surface area contributed by atoms with Gasteiger partial charge in [0.25, 0.3) is 0 Å². The molecule has 0 spiro atoms. The van der Waals surface area contributed by atoms with E-state index in [1.807, 2.05) is 4.90 Å². The number of aliphatic carboxylic acids is 1. The van der Waals surface area contributed by atoms with Crippen LogP contribution in [0.3, 0.4) is 0 Å². The number of carbonyl (C=O) groups is 1. The Morgan fingerprint density at radius 3 is 2.65 bits per heavy atom. The molecule has 0 radical (unpaired) electrons. The van der Waals surface area contributed by atoms with E-state index < -0.39 is 12.0 Å². The van der Waals surface area contributed by atoms with Crippen LogP contribution >= 0.6 is 0 Å². The third kappa shape index (κ3) is 4.26. The smallest absolute Gasteiger partial charge is 0.320 e. The molecule has 5 heteroatoms. The SMILES string of the molecule is COCCN(C(CCN)C(=O)O)C(C)C1CC1. The molecule has 1 saturated carbocycles. The maximum absolute atomic E-state index is 11.3. The number of ether oxygens (including phenoxy) is 1. The molecular weight excluding hydrogens is 220 g/mol. The Hall–Kier alpha value is -0.650. The van der Waals surface area contributed by atoms with Crippen LogP contribution in [0.4, 0.5) is 0 Å². The first kappa shape index (κ1) is 14.4. The summed E-state index contributed by atoms with van der Waals surface area (Å²) in [5.41, 5.74) is 5.50. The van der Waals surface area contributed by atoms with Crippen molar-refractivity contribution in [3.05, 3.63) is 0 Å². The molecule has 1 aliphatic rings. The van der Waals surface area contributed by atoms with E-state index in [0.717, 1.165) is 0 Å². The first-order valence-electron chi connectivity index (χ1n) is 6.29. The minimum Gasteiger partial charge on any atom is -0.480 e. The fourth-order valence-electron chi connectivity index (χ4n) is 2.28. The van der Waals surface area contributed by atoms with E-state index in [4.69, 9.17) is 10.5 Å². The summed E-state index contributed by atoms with van der Waals surface area (Å²) < 4.78 is 5.06. The molecule has 1 aliphatic carbocycles. The van der Waals surface area contributed by atoms with Gasteiger partial charge in [0.2, 0.25) is 0 Å². The highest BCUT2D eigenvalue weighted by atomic mass is 16.5. The molecule has 3 N–H and O–H groups in total. The summed E-state index contributed by atoms with van der Waals surface area (Å²) in [4.78, 5) is 13.3. The third-order valence-electron chi connectivity index (χ3n) is 3.51. The quantitative estimate of drug-likeness (QED) is 0.619. The van der Waals surface area contributed by atoms with Crippen LogP contribution in [0.15, 0.2) is 0 Å². The second-order valence-electron chi connectivity index (χ2n) is 4.74. The monoisotopic (exact) mass is 244 g/mol. The molecule has 5 nitrogen and oxygen atoms in total. The van der Waals surface area contributed by atoms with Crippen molar-refractivity contribution in [2.45, 2.75) is 38.3 Å². The number of rotatable bonds is 9. The summed E-state index contributed by atoms with van der Waals surface area (Å²) in [6.07, 6.45) is 2.91. The van der Waals surface area contributed by atoms with Crippen molar-refractivity contribution < 1.29 is 14.6 Å². The second kappa shape index (κ2) is 6.93. The fourth-order valence-corrected chi connectivity index (χ4v) is 2.28. The average Bonchev–Trinajstić information content (AvgIpc) is 3.11. The summed E-state index contributed by atoms with van der Waals surface area (Å²) in [6, 6.07) is -0.177. The first-order chi connectivity index (χ1) is 8.11. The lowest BCUT2D eigenvalue weighted by atomic mass is 10.1. The molecule has 100 valence electrons. The Bertz CT molecular complexity index is 244. The molecule has 0 aromatic rings. The van der Waals surface area contributed by atoms with E-state index in [0.29, 0.717) is 38.1 Å². The van der Waals surface area contributed by atoms with Crippen molar-refractivity contribution in [3.8, 4) is 0 Å². The summed E-state index contributed by atoms with van der Waals surface area (Å²) in [5, 5.41) is 9.29. The van der Waals surface area contributed by atoms with Crippen molar-refractivity contribution in [3.63, 3.8) is 0 Å². The molecule has 0 heterocycles. The zero-order valence-electron chi connectivity index (χ0n) is 10.8. The van der Waals surface area contributed by atoms with Gasteiger partial charge >= 0.3 is 5.97 Å². The predicted molar refractivity (Wildman–Crippen MR) is 65.9 cm³/mol. The largest absolute Gasteiger partial charge is 0.480 e. The van der Waals surface area contributed by atoms with Crippen LogP contribution in [0.25, 0.3) is 0 Å². The molecular formula is C12H24N2O3. The van der Waals surface area contributed by atoms with Gasteiger partial charge in [-0.25, -0.2) is 0 Å². The van der Waals surface area contributed by atoms with Gasteiger partial charge in [0.15, 0.2) is 0 Å². The van der Waals surface area contributed by atoms with Gasteiger partial charge in [0.1, 0.15) is 6.04 Å². The number of nitrogens with two attached hydrogens (primary N) is 1. The van der Waals surface area contributed by atoms with Gasteiger partial charge in [-0.3, -0.25) is 9.69 Å². The second-order valence-corrected chi connectivity index (χ2v) is 4.74. The standard InChI is InChI=1S/C12H24N2O3/c1-9(10-3-4-10)14(7-8-17-2)11(5-6-13)12(15)16/h9-11H,3-8,13H2,1-2H3,(H,15,16). The maximum Gasteiger partial charge on any atom is 0.320 e. The van der Waals surface area contributed by atoms with Gasteiger partial charge in [-0.05, 0) is 38.6 Å². The van der Waals surface area contributed by atoms with E-state index in [2.05, 4.69) is 6.92 Å². The molecule has 1 fully saturated rings. The lowest BCUT2D eigenvalue weighted by molar-refractivity contribution is -0.145. The van der Waals surface area contributed by atoms with Crippen LogP contribution in [0.1, 0.15) is 26.2 Å². The minimum absolute atomic E-state index is 0.304. The fraction of sp³-hybridized carbons (Fsp3) is 0.917. The van der Waals surface area contributed by atoms with Crippen molar-refractivity contribution in [1.29, 1.82) is 0 Å². The summed E-state index contributed by atoms with van der Waals surface area (Å²) in [6.45, 7) is 3.73. The number of nitrogens with zero attached hydrogens (tertiary/aromatic N) is 1. The van der Waals surface area contributed by atoms with Gasteiger partial charge in [-0.1, -0.05) is 0 Å². The van der Waals surface area contributed by atoms with Gasteiger partial charge in [0.05, 0.1) is 6.61 Å². The van der Waals surface area contributed by atoms with Crippen LogP contribution in [0.2, 0.25) is 0 Å². The molecule has 0 bridgehead atoms. The lowest BCUT2D eigenvalue weighted by Crippen LogP contribution is -2.49. The first-order valence-corrected chi connectivity index (χ1v) is 6.29. The maximum atomic E-state index is 11.3. The zero-order chi connectivity index (χ0) is 12.8. The predicted octanol–water partition coefficient (Wildman–Crippen LogP) is 0.535. The molecule has 0 aromatic carbocycles. The number of carboxylic acid groups (broad SMARTS) is 1. The number of carboxylic acids is 1. The van der Waals surface area contributed by atoms with E-state index >= 15 is 0 Å². The van der Waals surface area contributed by atoms with Crippen LogP contribution in [0, 0.1) is 5.92 Å². The molecule has 0 amide bonds. The van der Waals surface area contributed by atoms with E-state index in [-0.39, 0.29) is 0 Å². The minimum atomic E-state index is -0.779. The zero-order valence-corrected chi connectivity index (χ0v) is 10.8. The molecule has 0 saturated heterocycles. The third-order valence-corrected chi connectivity index (χ3v) is 3.51. The summed E-state index contributed by atoms with van der Waals surface area (Å²) >= 11 is 0. The van der Waals surface area contributed by atoms with Crippen LogP contribution in [-0.2, 0) is 9.53 Å². The Morgan fingerprint density at radius 1 is 1.59 bits per heavy atom. The Labute approximate surface area is 103 Å². The van der Waals surface area contributed by atoms with Crippen molar-refractivity contribution >= 4 is 5.97 Å². The van der Waals surface area contributed by atoms with Crippen molar-refractivity contribution in [1.82, 2.24) is 4.90 Å². The molecule has 0 aliphatic heterocycles. The number of methoxy groups -OCH3 is 1. The van der Waals surface area contributed by atoms with Crippen molar-refractivity contribution in [2.75, 3.05) is 26.8 Å². The topological polar surface area (TPSA) is 75.8 Å². The van der Waals surface area contributed by atoms with E-state index in [1.54, 1.807) is 7.11 Å². The van der Waals surface area contributed by atoms with Gasteiger partial charge < -0.3 is 15.6 Å². The van der Waals surface area contributed by atoms with Crippen LogP contribution in [-0.4, -0.2) is 54.9 Å². The molecule has 2 atom stereocenters.